The first kappa shape index (κ1) is 56.5. The fourth-order valence-corrected chi connectivity index (χ4v) is 15.2. The van der Waals surface area contributed by atoms with Crippen LogP contribution < -0.4 is 9.80 Å². The van der Waals surface area contributed by atoms with Crippen LogP contribution in [0.15, 0.2) is 237 Å². The summed E-state index contributed by atoms with van der Waals surface area (Å²) in [5.74, 6) is 0. The maximum atomic E-state index is 10.7. The monoisotopic (exact) mass is 1160 g/mol. The van der Waals surface area contributed by atoms with E-state index in [-0.39, 0.29) is 21.7 Å². The Morgan fingerprint density at radius 2 is 0.830 bits per heavy atom. The molecule has 0 amide bonds. The number of benzene rings is 11. The van der Waals surface area contributed by atoms with Crippen molar-refractivity contribution in [1.29, 1.82) is 5.26 Å². The van der Waals surface area contributed by atoms with Crippen LogP contribution in [0.3, 0.4) is 0 Å². The minimum atomic E-state index is -0.824. The Morgan fingerprint density at radius 3 is 1.39 bits per heavy atom. The van der Waals surface area contributed by atoms with Crippen molar-refractivity contribution in [3.63, 3.8) is 0 Å². The summed E-state index contributed by atoms with van der Waals surface area (Å²) in [7, 11) is 0. The van der Waals surface area contributed by atoms with Gasteiger partial charge in [-0.25, -0.2) is 0 Å². The second kappa shape index (κ2) is 20.7. The molecule has 3 nitrogen and oxygen atoms in total. The molecule has 14 rings (SSSR count). The molecule has 0 fully saturated rings. The van der Waals surface area contributed by atoms with Gasteiger partial charge in [-0.2, -0.15) is 5.26 Å². The summed E-state index contributed by atoms with van der Waals surface area (Å²) >= 11 is 1.88. The summed E-state index contributed by atoms with van der Waals surface area (Å²) in [6.07, 6.45) is 0. The fraction of sp³-hybridized carbons (Fsp3) is 0.202. The Kier molecular flexibility index (Phi) is 13.3. The Hall–Kier alpha value is -9.27. The van der Waals surface area contributed by atoms with Gasteiger partial charge in [-0.05, 0) is 190 Å². The normalized spacial score (nSPS) is 14.4. The van der Waals surface area contributed by atoms with Gasteiger partial charge in [0.1, 0.15) is 0 Å². The Bertz CT molecular complexity index is 4760. The van der Waals surface area contributed by atoms with Crippen LogP contribution in [0.4, 0.5) is 34.1 Å². The molecule has 1 aromatic heterocycles. The van der Waals surface area contributed by atoms with Crippen molar-refractivity contribution in [3.05, 3.63) is 287 Å². The van der Waals surface area contributed by atoms with E-state index < -0.39 is 5.41 Å². The van der Waals surface area contributed by atoms with E-state index in [1.807, 2.05) is 17.4 Å². The van der Waals surface area contributed by atoms with Crippen molar-refractivity contribution in [1.82, 2.24) is 0 Å². The second-order valence-electron chi connectivity index (χ2n) is 28.5. The van der Waals surface area contributed by atoms with Crippen LogP contribution in [-0.2, 0) is 27.1 Å². The van der Waals surface area contributed by atoms with Crippen molar-refractivity contribution in [3.8, 4) is 50.6 Å². The van der Waals surface area contributed by atoms with Crippen LogP contribution in [-0.4, -0.2) is 0 Å². The topological polar surface area (TPSA) is 30.3 Å². The van der Waals surface area contributed by atoms with Gasteiger partial charge in [0, 0.05) is 54.2 Å². The number of anilines is 6. The van der Waals surface area contributed by atoms with Gasteiger partial charge < -0.3 is 9.80 Å². The van der Waals surface area contributed by atoms with Crippen molar-refractivity contribution < 1.29 is 0 Å². The number of nitriles is 1. The van der Waals surface area contributed by atoms with Gasteiger partial charge in [0.15, 0.2) is 0 Å². The highest BCUT2D eigenvalue weighted by atomic mass is 32.1. The summed E-state index contributed by atoms with van der Waals surface area (Å²) in [5.41, 5.74) is 25.7. The zero-order chi connectivity index (χ0) is 61.2. The van der Waals surface area contributed by atoms with Gasteiger partial charge in [0.2, 0.25) is 0 Å². The number of fused-ring (bicyclic) bond motifs is 14. The van der Waals surface area contributed by atoms with Crippen molar-refractivity contribution in [2.45, 2.75) is 110 Å². The number of nitrogens with zero attached hydrogens (tertiary/aromatic N) is 3. The van der Waals surface area contributed by atoms with Crippen LogP contribution in [0.1, 0.15) is 133 Å². The molecule has 12 aromatic rings. The third-order valence-electron chi connectivity index (χ3n) is 18.7. The molecule has 0 bridgehead atoms. The highest BCUT2D eigenvalue weighted by Gasteiger charge is 2.54. The Labute approximate surface area is 524 Å². The van der Waals surface area contributed by atoms with Crippen molar-refractivity contribution in [2.24, 2.45) is 0 Å². The van der Waals surface area contributed by atoms with Gasteiger partial charge in [-0.15, -0.1) is 11.3 Å². The first-order chi connectivity index (χ1) is 42.1. The zero-order valence-corrected chi connectivity index (χ0v) is 53.6. The molecule has 1 unspecified atom stereocenters. The van der Waals surface area contributed by atoms with E-state index in [0.29, 0.717) is 5.56 Å². The Morgan fingerprint density at radius 1 is 0.352 bits per heavy atom. The van der Waals surface area contributed by atoms with Gasteiger partial charge >= 0.3 is 0 Å². The fourth-order valence-electron chi connectivity index (χ4n) is 14.0. The maximum Gasteiger partial charge on any atom is 0.0991 e. The molecule has 432 valence electrons. The molecular weight excluding hydrogens is 1080 g/mol. The van der Waals surface area contributed by atoms with Gasteiger partial charge in [-0.3, -0.25) is 0 Å². The highest BCUT2D eigenvalue weighted by molar-refractivity contribution is 7.26. The smallest absolute Gasteiger partial charge is 0.0991 e. The predicted octanol–water partition coefficient (Wildman–Crippen LogP) is 23.7. The lowest BCUT2D eigenvalue weighted by atomic mass is 9.69. The van der Waals surface area contributed by atoms with Crippen molar-refractivity contribution in [2.75, 3.05) is 9.80 Å². The van der Waals surface area contributed by atoms with E-state index in [1.54, 1.807) is 0 Å². The van der Waals surface area contributed by atoms with Crippen molar-refractivity contribution >= 4 is 65.6 Å². The molecule has 0 saturated carbocycles. The third-order valence-corrected chi connectivity index (χ3v) is 19.8. The van der Waals surface area contributed by atoms with Crippen LogP contribution >= 0.6 is 11.3 Å². The van der Waals surface area contributed by atoms with E-state index in [1.165, 1.54) is 86.9 Å². The summed E-state index contributed by atoms with van der Waals surface area (Å²) in [6.45, 7) is 27.4. The predicted molar refractivity (Wildman–Crippen MR) is 375 cm³/mol. The summed E-state index contributed by atoms with van der Waals surface area (Å²) < 4.78 is 2.47. The number of rotatable bonds is 8. The average Bonchev–Trinajstić information content (AvgIpc) is 1.52. The molecule has 1 spiro atoms. The quantitative estimate of drug-likeness (QED) is 0.152. The summed E-state index contributed by atoms with van der Waals surface area (Å²) in [5, 5.41) is 13.2. The van der Waals surface area contributed by atoms with Crippen LogP contribution in [0, 0.1) is 11.3 Å². The SMILES string of the molecule is CC(C)(C)c1ccc(-c2cccc(N(c3ccc(C(C)(C)C)cc3)c3ccc4c(c3)C3(c5ccccc5-c5cc(C#N)ccc53)c3c-4c(N(c4ccc(C(C)(C)C)cc4)c4cccc(-c5ccc(C(C)(C)C)cc5)c4)cc4sc5ccccc5c34)c2)cc1. The van der Waals surface area contributed by atoms with Crippen LogP contribution in [0.25, 0.3) is 64.7 Å². The van der Waals surface area contributed by atoms with Gasteiger partial charge in [-0.1, -0.05) is 235 Å². The zero-order valence-electron chi connectivity index (χ0n) is 52.8. The molecule has 4 heteroatoms. The number of hydrogen-bond donors (Lipinski definition) is 0. The minimum absolute atomic E-state index is 0.0285. The average molecular weight is 1160 g/mol. The van der Waals surface area contributed by atoms with Crippen LogP contribution in [0.2, 0.25) is 0 Å². The molecule has 1 atom stereocenters. The molecule has 2 aliphatic carbocycles. The van der Waals surface area contributed by atoms with E-state index >= 15 is 0 Å². The van der Waals surface area contributed by atoms with E-state index in [9.17, 15) is 5.26 Å². The second-order valence-corrected chi connectivity index (χ2v) is 29.6. The van der Waals surface area contributed by atoms with Gasteiger partial charge in [0.05, 0.1) is 22.7 Å². The molecule has 0 saturated heterocycles. The lowest BCUT2D eigenvalue weighted by molar-refractivity contribution is 0.590. The van der Waals surface area contributed by atoms with E-state index in [4.69, 9.17) is 0 Å². The van der Waals surface area contributed by atoms with E-state index in [2.05, 4.69) is 329 Å². The summed E-state index contributed by atoms with van der Waals surface area (Å²) in [6, 6.07) is 92.0. The van der Waals surface area contributed by atoms with Gasteiger partial charge in [0.25, 0.3) is 0 Å². The molecule has 0 radical (unpaired) electrons. The molecule has 1 heterocycles. The molecular formula is C84H75N3S. The molecule has 2 aliphatic rings. The first-order valence-corrected chi connectivity index (χ1v) is 31.9. The van der Waals surface area contributed by atoms with Crippen LogP contribution in [0.5, 0.6) is 0 Å². The highest BCUT2D eigenvalue weighted by Crippen LogP contribution is 2.68. The maximum absolute atomic E-state index is 10.7. The largest absolute Gasteiger partial charge is 0.310 e. The Balaban J connectivity index is 1.09. The molecule has 0 N–H and O–H groups in total. The minimum Gasteiger partial charge on any atom is -0.310 e. The molecule has 0 aliphatic heterocycles. The lowest BCUT2D eigenvalue weighted by Gasteiger charge is -2.34. The van der Waals surface area contributed by atoms with E-state index in [0.717, 1.165) is 56.4 Å². The first-order valence-electron chi connectivity index (χ1n) is 31.1. The molecule has 88 heavy (non-hydrogen) atoms. The number of hydrogen-bond acceptors (Lipinski definition) is 4. The third kappa shape index (κ3) is 9.37. The lowest BCUT2D eigenvalue weighted by Crippen LogP contribution is -2.27. The number of thiophene rings is 1. The summed E-state index contributed by atoms with van der Waals surface area (Å²) in [4.78, 5) is 5.01. The standard InChI is InChI=1S/C84H75N3S/c1-80(2,3)58-32-28-54(29-33-58)56-19-17-21-64(48-56)86(62-40-36-60(37-41-62)82(7,8)9)66-44-45-68-73(50-66)84(71-25-15-13-23-67(71)70-47-53(52-85)27-46-72(70)84)79-77(68)74(51-76-78(79)69-24-14-16-26-75(69)88-76)87(63-42-38-61(39-43-63)83(10,11)12)65-22-18-20-57(49-65)55-30-34-59(35-31-55)81(4,5)6/h13-51H,1-12H3. The molecule has 11 aromatic carbocycles.